The number of para-hydroxylation sites is 1. The maximum atomic E-state index is 12.6. The van der Waals surface area contributed by atoms with E-state index in [-0.39, 0.29) is 5.91 Å². The maximum Gasteiger partial charge on any atom is 0.255 e. The first-order valence-electron chi connectivity index (χ1n) is 8.67. The van der Waals surface area contributed by atoms with Crippen LogP contribution in [0.25, 0.3) is 5.78 Å². The van der Waals surface area contributed by atoms with E-state index in [1.165, 1.54) is 18.1 Å². The molecule has 140 valence electrons. The minimum atomic E-state index is -0.217. The van der Waals surface area contributed by atoms with Gasteiger partial charge in [0.2, 0.25) is 0 Å². The van der Waals surface area contributed by atoms with Crippen molar-refractivity contribution >= 4 is 40.7 Å². The molecule has 0 aliphatic heterocycles. The SMILES string of the molecule is CCc1cc(Sc2ccccc2NC(=O)c2cccc(Cl)c2)n2ncnc2n1. The monoisotopic (exact) mass is 409 g/mol. The van der Waals surface area contributed by atoms with Gasteiger partial charge in [-0.25, -0.2) is 4.98 Å². The Morgan fingerprint density at radius 2 is 2.04 bits per heavy atom. The summed E-state index contributed by atoms with van der Waals surface area (Å²) in [6.45, 7) is 2.04. The normalized spacial score (nSPS) is 10.9. The topological polar surface area (TPSA) is 72.2 Å². The van der Waals surface area contributed by atoms with Crippen molar-refractivity contribution in [3.05, 3.63) is 77.2 Å². The molecule has 0 aliphatic carbocycles. The summed E-state index contributed by atoms with van der Waals surface area (Å²) in [7, 11) is 0. The predicted molar refractivity (Wildman–Crippen MR) is 110 cm³/mol. The molecule has 0 fully saturated rings. The molecule has 8 heteroatoms. The van der Waals surface area contributed by atoms with Crippen molar-refractivity contribution in [2.24, 2.45) is 0 Å². The number of aryl methyl sites for hydroxylation is 1. The van der Waals surface area contributed by atoms with E-state index >= 15 is 0 Å². The van der Waals surface area contributed by atoms with Gasteiger partial charge in [0.1, 0.15) is 11.4 Å². The number of fused-ring (bicyclic) bond motifs is 1. The van der Waals surface area contributed by atoms with Crippen molar-refractivity contribution in [3.8, 4) is 0 Å². The molecule has 2 aromatic heterocycles. The van der Waals surface area contributed by atoms with Crippen molar-refractivity contribution in [3.63, 3.8) is 0 Å². The number of carbonyl (C=O) groups is 1. The smallest absolute Gasteiger partial charge is 0.255 e. The number of carbonyl (C=O) groups excluding carboxylic acids is 1. The molecule has 1 N–H and O–H groups in total. The van der Waals surface area contributed by atoms with E-state index in [1.807, 2.05) is 37.3 Å². The van der Waals surface area contributed by atoms with E-state index < -0.39 is 0 Å². The third-order valence-corrected chi connectivity index (χ3v) is 5.38. The van der Waals surface area contributed by atoms with Crippen LogP contribution in [0.1, 0.15) is 23.0 Å². The van der Waals surface area contributed by atoms with E-state index in [0.717, 1.165) is 22.0 Å². The van der Waals surface area contributed by atoms with Crippen molar-refractivity contribution in [1.82, 2.24) is 19.6 Å². The van der Waals surface area contributed by atoms with Gasteiger partial charge in [0.15, 0.2) is 0 Å². The highest BCUT2D eigenvalue weighted by Crippen LogP contribution is 2.34. The van der Waals surface area contributed by atoms with Gasteiger partial charge in [0, 0.05) is 21.2 Å². The fourth-order valence-electron chi connectivity index (χ4n) is 2.68. The highest BCUT2D eigenvalue weighted by atomic mass is 35.5. The largest absolute Gasteiger partial charge is 0.321 e. The second-order valence-electron chi connectivity index (χ2n) is 5.97. The standard InChI is InChI=1S/C20H16ClN5OS/c1-2-15-11-18(26-20(24-15)22-12-23-26)28-17-9-4-3-8-16(17)25-19(27)13-6-5-7-14(21)10-13/h3-12H,2H2,1H3,(H,25,27). The number of nitrogens with one attached hydrogen (secondary N) is 1. The molecule has 6 nitrogen and oxygen atoms in total. The van der Waals surface area contributed by atoms with Gasteiger partial charge >= 0.3 is 0 Å². The van der Waals surface area contributed by atoms with E-state index in [2.05, 4.69) is 20.4 Å². The number of rotatable bonds is 5. The minimum absolute atomic E-state index is 0.217. The molecule has 0 saturated heterocycles. The zero-order chi connectivity index (χ0) is 19.5. The maximum absolute atomic E-state index is 12.6. The lowest BCUT2D eigenvalue weighted by Crippen LogP contribution is -2.12. The van der Waals surface area contributed by atoms with Crippen LogP contribution in [0.3, 0.4) is 0 Å². The second-order valence-corrected chi connectivity index (χ2v) is 7.47. The van der Waals surface area contributed by atoms with Gasteiger partial charge in [-0.2, -0.15) is 14.6 Å². The Morgan fingerprint density at radius 3 is 2.86 bits per heavy atom. The zero-order valence-corrected chi connectivity index (χ0v) is 16.5. The molecule has 0 spiro atoms. The average molecular weight is 410 g/mol. The van der Waals surface area contributed by atoms with Gasteiger partial charge in [-0.3, -0.25) is 4.79 Å². The lowest BCUT2D eigenvalue weighted by atomic mass is 10.2. The van der Waals surface area contributed by atoms with Crippen LogP contribution in [0.2, 0.25) is 5.02 Å². The molecule has 0 bridgehead atoms. The molecule has 0 unspecified atom stereocenters. The molecular formula is C20H16ClN5OS. The predicted octanol–water partition coefficient (Wildman–Crippen LogP) is 4.74. The number of hydrogen-bond donors (Lipinski definition) is 1. The van der Waals surface area contributed by atoms with Crippen LogP contribution in [-0.4, -0.2) is 25.5 Å². The van der Waals surface area contributed by atoms with Gasteiger partial charge in [0.05, 0.1) is 5.69 Å². The van der Waals surface area contributed by atoms with Crippen LogP contribution in [0, 0.1) is 0 Å². The average Bonchev–Trinajstić information content (AvgIpc) is 3.18. The Labute approximate surface area is 171 Å². The number of hydrogen-bond acceptors (Lipinski definition) is 5. The first-order valence-corrected chi connectivity index (χ1v) is 9.87. The number of halogens is 1. The van der Waals surface area contributed by atoms with Gasteiger partial charge in [-0.05, 0) is 42.8 Å². The molecule has 4 rings (SSSR count). The highest BCUT2D eigenvalue weighted by Gasteiger charge is 2.13. The summed E-state index contributed by atoms with van der Waals surface area (Å²) in [5.74, 6) is 0.340. The molecule has 4 aromatic rings. The third-order valence-electron chi connectivity index (χ3n) is 4.07. The van der Waals surface area contributed by atoms with Gasteiger partial charge in [-0.1, -0.05) is 48.5 Å². The van der Waals surface area contributed by atoms with Gasteiger partial charge in [-0.15, -0.1) is 0 Å². The first kappa shape index (κ1) is 18.5. The quantitative estimate of drug-likeness (QED) is 0.482. The van der Waals surface area contributed by atoms with Crippen LogP contribution in [0.4, 0.5) is 5.69 Å². The molecule has 0 atom stereocenters. The van der Waals surface area contributed by atoms with Gasteiger partial charge < -0.3 is 5.32 Å². The summed E-state index contributed by atoms with van der Waals surface area (Å²) in [6.07, 6.45) is 2.28. The lowest BCUT2D eigenvalue weighted by Gasteiger charge is -2.12. The van der Waals surface area contributed by atoms with E-state index in [1.54, 1.807) is 28.8 Å². The van der Waals surface area contributed by atoms with Crippen molar-refractivity contribution in [2.45, 2.75) is 23.3 Å². The number of amides is 1. The summed E-state index contributed by atoms with van der Waals surface area (Å²) in [4.78, 5) is 22.2. The van der Waals surface area contributed by atoms with Crippen LogP contribution in [0.15, 0.2) is 70.8 Å². The molecule has 2 heterocycles. The Hall–Kier alpha value is -2.90. The zero-order valence-electron chi connectivity index (χ0n) is 15.0. The number of anilines is 1. The Kier molecular flexibility index (Phi) is 5.27. The highest BCUT2D eigenvalue weighted by molar-refractivity contribution is 7.99. The van der Waals surface area contributed by atoms with Crippen molar-refractivity contribution in [1.29, 1.82) is 0 Å². The lowest BCUT2D eigenvalue weighted by molar-refractivity contribution is 0.102. The molecule has 0 radical (unpaired) electrons. The fourth-order valence-corrected chi connectivity index (χ4v) is 3.88. The van der Waals surface area contributed by atoms with Crippen LogP contribution in [0.5, 0.6) is 0 Å². The number of benzene rings is 2. The minimum Gasteiger partial charge on any atom is -0.321 e. The van der Waals surface area contributed by atoms with E-state index in [4.69, 9.17) is 11.6 Å². The summed E-state index contributed by atoms with van der Waals surface area (Å²) in [6, 6.07) is 16.5. The Balaban J connectivity index is 1.65. The number of aromatic nitrogens is 4. The molecule has 2 aromatic carbocycles. The third kappa shape index (κ3) is 3.85. The molecule has 1 amide bonds. The Morgan fingerprint density at radius 1 is 1.18 bits per heavy atom. The van der Waals surface area contributed by atoms with E-state index in [9.17, 15) is 4.79 Å². The molecular weight excluding hydrogens is 394 g/mol. The van der Waals surface area contributed by atoms with E-state index in [0.29, 0.717) is 22.1 Å². The fraction of sp³-hybridized carbons (Fsp3) is 0.100. The van der Waals surface area contributed by atoms with Crippen molar-refractivity contribution < 1.29 is 4.79 Å². The molecule has 0 aliphatic rings. The molecule has 0 saturated carbocycles. The summed E-state index contributed by atoms with van der Waals surface area (Å²) >= 11 is 7.50. The van der Waals surface area contributed by atoms with Crippen molar-refractivity contribution in [2.75, 3.05) is 5.32 Å². The Bertz CT molecular complexity index is 1160. The summed E-state index contributed by atoms with van der Waals surface area (Å²) in [5.41, 5.74) is 2.15. The summed E-state index contributed by atoms with van der Waals surface area (Å²) < 4.78 is 1.69. The van der Waals surface area contributed by atoms with Gasteiger partial charge in [0.25, 0.3) is 11.7 Å². The van der Waals surface area contributed by atoms with Crippen LogP contribution >= 0.6 is 23.4 Å². The summed E-state index contributed by atoms with van der Waals surface area (Å²) in [5, 5.41) is 8.62. The second kappa shape index (κ2) is 8.00. The number of nitrogens with zero attached hydrogens (tertiary/aromatic N) is 4. The van der Waals surface area contributed by atoms with Crippen LogP contribution < -0.4 is 5.32 Å². The first-order chi connectivity index (χ1) is 13.6. The van der Waals surface area contributed by atoms with Crippen LogP contribution in [-0.2, 0) is 6.42 Å². The molecule has 28 heavy (non-hydrogen) atoms.